The number of aryl methyl sites for hydroxylation is 2. The molecule has 3 nitrogen and oxygen atoms in total. The Kier molecular flexibility index (Phi) is 7.87. The summed E-state index contributed by atoms with van der Waals surface area (Å²) in [5.41, 5.74) is 4.86. The van der Waals surface area contributed by atoms with Gasteiger partial charge in [-0.25, -0.2) is 4.79 Å². The third-order valence-electron chi connectivity index (χ3n) is 5.49. The van der Waals surface area contributed by atoms with Crippen molar-refractivity contribution in [1.82, 2.24) is 4.90 Å². The fourth-order valence-electron chi connectivity index (χ4n) is 3.91. The average Bonchev–Trinajstić information content (AvgIpc) is 3.33. The predicted molar refractivity (Wildman–Crippen MR) is 125 cm³/mol. The van der Waals surface area contributed by atoms with Gasteiger partial charge in [0.25, 0.3) is 0 Å². The fourth-order valence-corrected chi connectivity index (χ4v) is 5.92. The summed E-state index contributed by atoms with van der Waals surface area (Å²) in [7, 11) is 2.13. The van der Waals surface area contributed by atoms with Crippen LogP contribution in [-0.4, -0.2) is 37.1 Å². The van der Waals surface area contributed by atoms with Crippen molar-refractivity contribution in [2.75, 3.05) is 20.2 Å². The van der Waals surface area contributed by atoms with E-state index in [-0.39, 0.29) is 12.0 Å². The van der Waals surface area contributed by atoms with Crippen molar-refractivity contribution >= 4 is 34.2 Å². The molecule has 0 radical (unpaired) electrons. The number of nitrogens with zero attached hydrogens (tertiary/aromatic N) is 1. The molecular formula is C24H31NO2S2. The standard InChI is InChI=1S/C24H31NO2S2/c1-5-27-24(26)19-9-6-7-11-21(19)25(4)14-8-10-20(22-17(2)12-15-28-22)23-18(3)13-16-29-23/h9-10,12-13,15-16,21H,5-8,11,14H2,1-4H3. The molecule has 0 spiro atoms. The van der Waals surface area contributed by atoms with Gasteiger partial charge in [0, 0.05) is 27.9 Å². The maximum Gasteiger partial charge on any atom is 0.335 e. The predicted octanol–water partition coefficient (Wildman–Crippen LogP) is 6.22. The van der Waals surface area contributed by atoms with Gasteiger partial charge in [-0.3, -0.25) is 4.90 Å². The molecule has 5 heteroatoms. The lowest BCUT2D eigenvalue weighted by Gasteiger charge is -2.31. The Labute approximate surface area is 182 Å². The number of rotatable bonds is 8. The number of carbonyl (C=O) groups excluding carboxylic acids is 1. The van der Waals surface area contributed by atoms with Crippen molar-refractivity contribution < 1.29 is 9.53 Å². The van der Waals surface area contributed by atoms with Crippen LogP contribution < -0.4 is 0 Å². The van der Waals surface area contributed by atoms with Crippen LogP contribution in [0.5, 0.6) is 0 Å². The van der Waals surface area contributed by atoms with E-state index in [1.54, 1.807) is 0 Å². The maximum atomic E-state index is 12.4. The minimum absolute atomic E-state index is 0.149. The first-order valence-corrected chi connectivity index (χ1v) is 12.1. The minimum Gasteiger partial charge on any atom is -0.463 e. The molecule has 0 N–H and O–H groups in total. The van der Waals surface area contributed by atoms with Crippen molar-refractivity contribution in [1.29, 1.82) is 0 Å². The molecule has 0 fully saturated rings. The molecule has 0 saturated heterocycles. The van der Waals surface area contributed by atoms with E-state index < -0.39 is 0 Å². The van der Waals surface area contributed by atoms with Crippen molar-refractivity contribution in [2.24, 2.45) is 0 Å². The Balaban J connectivity index is 1.74. The number of carbonyl (C=O) groups is 1. The lowest BCUT2D eigenvalue weighted by molar-refractivity contribution is -0.139. The minimum atomic E-state index is -0.149. The summed E-state index contributed by atoms with van der Waals surface area (Å²) in [5, 5.41) is 4.35. The molecular weight excluding hydrogens is 398 g/mol. The zero-order valence-corrected chi connectivity index (χ0v) is 19.5. The number of hydrogen-bond donors (Lipinski definition) is 0. The van der Waals surface area contributed by atoms with Gasteiger partial charge in [-0.05, 0) is 87.5 Å². The van der Waals surface area contributed by atoms with Gasteiger partial charge in [0.05, 0.1) is 12.2 Å². The SMILES string of the molecule is CCOC(=O)C1=CCCCC1N(C)CCC=C(c1sccc1C)c1sccc1C. The number of ether oxygens (including phenoxy) is 1. The van der Waals surface area contributed by atoms with Crippen LogP contribution in [-0.2, 0) is 9.53 Å². The van der Waals surface area contributed by atoms with E-state index in [2.05, 4.69) is 60.8 Å². The Morgan fingerprint density at radius 1 is 1.21 bits per heavy atom. The largest absolute Gasteiger partial charge is 0.463 e. The van der Waals surface area contributed by atoms with E-state index in [9.17, 15) is 4.79 Å². The zero-order valence-electron chi connectivity index (χ0n) is 17.9. The monoisotopic (exact) mass is 429 g/mol. The van der Waals surface area contributed by atoms with E-state index >= 15 is 0 Å². The molecule has 3 rings (SSSR count). The molecule has 1 aliphatic rings. The molecule has 0 saturated carbocycles. The highest BCUT2D eigenvalue weighted by atomic mass is 32.1. The molecule has 1 unspecified atom stereocenters. The topological polar surface area (TPSA) is 29.5 Å². The highest BCUT2D eigenvalue weighted by molar-refractivity contribution is 7.14. The molecule has 0 bridgehead atoms. The number of esters is 1. The van der Waals surface area contributed by atoms with Gasteiger partial charge in [-0.2, -0.15) is 0 Å². The highest BCUT2D eigenvalue weighted by Gasteiger charge is 2.27. The average molecular weight is 430 g/mol. The van der Waals surface area contributed by atoms with Crippen LogP contribution in [0, 0.1) is 13.8 Å². The Morgan fingerprint density at radius 2 is 1.86 bits per heavy atom. The second-order valence-electron chi connectivity index (χ2n) is 7.58. The van der Waals surface area contributed by atoms with Gasteiger partial charge in [0.1, 0.15) is 0 Å². The Morgan fingerprint density at radius 3 is 2.41 bits per heavy atom. The summed E-state index contributed by atoms with van der Waals surface area (Å²) in [4.78, 5) is 17.4. The van der Waals surface area contributed by atoms with E-state index in [1.807, 2.05) is 29.6 Å². The van der Waals surface area contributed by atoms with E-state index in [0.717, 1.165) is 37.8 Å². The van der Waals surface area contributed by atoms with Crippen molar-refractivity contribution in [3.63, 3.8) is 0 Å². The lowest BCUT2D eigenvalue weighted by atomic mass is 9.92. The van der Waals surface area contributed by atoms with E-state index in [1.165, 1.54) is 26.5 Å². The van der Waals surface area contributed by atoms with Gasteiger partial charge < -0.3 is 4.74 Å². The molecule has 2 heterocycles. The van der Waals surface area contributed by atoms with Gasteiger partial charge >= 0.3 is 5.97 Å². The molecule has 2 aromatic heterocycles. The normalized spacial score (nSPS) is 16.6. The molecule has 0 aliphatic heterocycles. The van der Waals surface area contributed by atoms with Gasteiger partial charge in [-0.1, -0.05) is 12.2 Å². The molecule has 1 atom stereocenters. The summed E-state index contributed by atoms with van der Waals surface area (Å²) in [6.07, 6.45) is 8.53. The Hall–Kier alpha value is -1.69. The van der Waals surface area contributed by atoms with Crippen LogP contribution in [0.1, 0.15) is 53.5 Å². The van der Waals surface area contributed by atoms with Crippen LogP contribution >= 0.6 is 22.7 Å². The van der Waals surface area contributed by atoms with Gasteiger partial charge in [-0.15, -0.1) is 22.7 Å². The maximum absolute atomic E-state index is 12.4. The van der Waals surface area contributed by atoms with E-state index in [0.29, 0.717) is 6.61 Å². The molecule has 0 amide bonds. The summed E-state index contributed by atoms with van der Waals surface area (Å²) >= 11 is 3.63. The summed E-state index contributed by atoms with van der Waals surface area (Å²) in [6.45, 7) is 7.59. The van der Waals surface area contributed by atoms with Crippen LogP contribution in [0.3, 0.4) is 0 Å². The zero-order chi connectivity index (χ0) is 20.8. The second kappa shape index (κ2) is 10.4. The van der Waals surface area contributed by atoms with Crippen molar-refractivity contribution in [3.05, 3.63) is 61.5 Å². The number of likely N-dealkylation sites (N-methyl/N-ethyl adjacent to an activating group) is 1. The summed E-state index contributed by atoms with van der Waals surface area (Å²) in [5.74, 6) is -0.149. The number of hydrogen-bond acceptors (Lipinski definition) is 5. The molecule has 1 aliphatic carbocycles. The van der Waals surface area contributed by atoms with Crippen LogP contribution in [0.2, 0.25) is 0 Å². The molecule has 0 aromatic carbocycles. The first kappa shape index (κ1) is 22.0. The van der Waals surface area contributed by atoms with Gasteiger partial charge in [0.15, 0.2) is 0 Å². The third kappa shape index (κ3) is 5.27. The second-order valence-corrected chi connectivity index (χ2v) is 9.41. The first-order valence-electron chi connectivity index (χ1n) is 10.4. The fraction of sp³-hybridized carbons (Fsp3) is 0.458. The third-order valence-corrected chi connectivity index (χ3v) is 7.59. The smallest absolute Gasteiger partial charge is 0.335 e. The number of thiophene rings is 2. The molecule has 156 valence electrons. The summed E-state index contributed by atoms with van der Waals surface area (Å²) < 4.78 is 5.29. The molecule has 29 heavy (non-hydrogen) atoms. The van der Waals surface area contributed by atoms with Crippen LogP contribution in [0.4, 0.5) is 0 Å². The first-order chi connectivity index (χ1) is 14.0. The van der Waals surface area contributed by atoms with Gasteiger partial charge in [0.2, 0.25) is 0 Å². The number of allylic oxidation sites excluding steroid dienone is 1. The summed E-state index contributed by atoms with van der Waals surface area (Å²) in [6, 6.07) is 4.55. The van der Waals surface area contributed by atoms with E-state index in [4.69, 9.17) is 4.74 Å². The quantitative estimate of drug-likeness (QED) is 0.466. The highest BCUT2D eigenvalue weighted by Crippen LogP contribution is 2.35. The Bertz CT molecular complexity index is 848. The van der Waals surface area contributed by atoms with Crippen molar-refractivity contribution in [3.8, 4) is 0 Å². The van der Waals surface area contributed by atoms with Crippen LogP contribution in [0.25, 0.3) is 5.57 Å². The molecule has 2 aromatic rings. The van der Waals surface area contributed by atoms with Crippen LogP contribution in [0.15, 0.2) is 40.6 Å². The van der Waals surface area contributed by atoms with Crippen molar-refractivity contribution in [2.45, 2.75) is 52.5 Å². The lowest BCUT2D eigenvalue weighted by Crippen LogP contribution is -2.38.